The molecule has 0 aromatic rings. The highest BCUT2D eigenvalue weighted by atomic mass is 14.8. The Kier molecular flexibility index (Phi) is 6.72. The van der Waals surface area contributed by atoms with Crippen molar-refractivity contribution in [3.8, 4) is 11.8 Å². The smallest absolute Gasteiger partial charge is 0.0140 e. The highest BCUT2D eigenvalue weighted by molar-refractivity contribution is 4.98. The Balaban J connectivity index is 3.54. The Morgan fingerprint density at radius 3 is 2.46 bits per heavy atom. The summed E-state index contributed by atoms with van der Waals surface area (Å²) in [6, 6.07) is 0. The zero-order valence-electron chi connectivity index (χ0n) is 9.54. The van der Waals surface area contributed by atoms with Gasteiger partial charge in [0.1, 0.15) is 0 Å². The molecule has 1 N–H and O–H groups in total. The highest BCUT2D eigenvalue weighted by Crippen LogP contribution is 2.23. The summed E-state index contributed by atoms with van der Waals surface area (Å²) < 4.78 is 0. The predicted octanol–water partition coefficient (Wildman–Crippen LogP) is 2.82. The molecular weight excluding hydrogens is 158 g/mol. The average molecular weight is 181 g/mol. The van der Waals surface area contributed by atoms with Crippen molar-refractivity contribution in [2.24, 2.45) is 5.41 Å². The molecule has 0 bridgehead atoms. The van der Waals surface area contributed by atoms with Gasteiger partial charge in [0.2, 0.25) is 0 Å². The maximum atomic E-state index is 3.42. The van der Waals surface area contributed by atoms with E-state index in [1.54, 1.807) is 0 Å². The van der Waals surface area contributed by atoms with E-state index < -0.39 is 0 Å². The van der Waals surface area contributed by atoms with Crippen molar-refractivity contribution in [2.75, 3.05) is 13.1 Å². The minimum absolute atomic E-state index is 0.365. The normalized spacial score (nSPS) is 10.8. The van der Waals surface area contributed by atoms with Gasteiger partial charge in [0.25, 0.3) is 0 Å². The van der Waals surface area contributed by atoms with Crippen molar-refractivity contribution < 1.29 is 0 Å². The van der Waals surface area contributed by atoms with Crippen LogP contribution in [0.2, 0.25) is 0 Å². The van der Waals surface area contributed by atoms with Gasteiger partial charge in [-0.1, -0.05) is 20.8 Å². The SMILES string of the molecule is CC#CCC(C)(C)CCNCCC. The van der Waals surface area contributed by atoms with Crippen molar-refractivity contribution in [3.63, 3.8) is 0 Å². The molecule has 0 aliphatic carbocycles. The highest BCUT2D eigenvalue weighted by Gasteiger charge is 2.15. The minimum Gasteiger partial charge on any atom is -0.317 e. The standard InChI is InChI=1S/C12H23N/c1-5-7-8-12(3,4)9-11-13-10-6-2/h13H,6,8-11H2,1-4H3. The summed E-state index contributed by atoms with van der Waals surface area (Å²) in [5, 5.41) is 3.42. The lowest BCUT2D eigenvalue weighted by atomic mass is 9.86. The maximum absolute atomic E-state index is 3.42. The van der Waals surface area contributed by atoms with E-state index in [0.717, 1.165) is 19.5 Å². The molecule has 13 heavy (non-hydrogen) atoms. The van der Waals surface area contributed by atoms with Crippen LogP contribution in [0.25, 0.3) is 0 Å². The fourth-order valence-electron chi connectivity index (χ4n) is 1.14. The quantitative estimate of drug-likeness (QED) is 0.491. The summed E-state index contributed by atoms with van der Waals surface area (Å²) in [4.78, 5) is 0. The molecule has 0 aromatic carbocycles. The summed E-state index contributed by atoms with van der Waals surface area (Å²) in [5.74, 6) is 6.11. The van der Waals surface area contributed by atoms with Gasteiger partial charge in [-0.05, 0) is 38.3 Å². The average Bonchev–Trinajstić information content (AvgIpc) is 2.09. The number of hydrogen-bond donors (Lipinski definition) is 1. The molecule has 0 aliphatic heterocycles. The molecule has 0 rings (SSSR count). The topological polar surface area (TPSA) is 12.0 Å². The number of hydrogen-bond acceptors (Lipinski definition) is 1. The summed E-state index contributed by atoms with van der Waals surface area (Å²) in [7, 11) is 0. The van der Waals surface area contributed by atoms with Crippen molar-refractivity contribution in [2.45, 2.75) is 47.0 Å². The summed E-state index contributed by atoms with van der Waals surface area (Å²) in [6.07, 6.45) is 3.44. The third-order valence-corrected chi connectivity index (χ3v) is 2.15. The third-order valence-electron chi connectivity index (χ3n) is 2.15. The zero-order chi connectivity index (χ0) is 10.2. The summed E-state index contributed by atoms with van der Waals surface area (Å²) in [6.45, 7) is 10.9. The first kappa shape index (κ1) is 12.5. The van der Waals surface area contributed by atoms with E-state index in [9.17, 15) is 0 Å². The Hall–Kier alpha value is -0.480. The third kappa shape index (κ3) is 7.87. The molecular formula is C12H23N. The van der Waals surface area contributed by atoms with Gasteiger partial charge >= 0.3 is 0 Å². The van der Waals surface area contributed by atoms with Gasteiger partial charge in [-0.25, -0.2) is 0 Å². The molecule has 0 aromatic heterocycles. The fourth-order valence-corrected chi connectivity index (χ4v) is 1.14. The van der Waals surface area contributed by atoms with Gasteiger partial charge in [0, 0.05) is 6.42 Å². The van der Waals surface area contributed by atoms with Crippen molar-refractivity contribution in [1.29, 1.82) is 0 Å². The zero-order valence-corrected chi connectivity index (χ0v) is 9.54. The van der Waals surface area contributed by atoms with Crippen LogP contribution >= 0.6 is 0 Å². The van der Waals surface area contributed by atoms with E-state index in [2.05, 4.69) is 37.9 Å². The van der Waals surface area contributed by atoms with E-state index >= 15 is 0 Å². The molecule has 0 aliphatic rings. The first-order chi connectivity index (χ1) is 6.12. The first-order valence-electron chi connectivity index (χ1n) is 5.22. The molecule has 0 heterocycles. The van der Waals surface area contributed by atoms with Gasteiger partial charge < -0.3 is 5.32 Å². The Morgan fingerprint density at radius 1 is 1.23 bits per heavy atom. The van der Waals surface area contributed by atoms with Gasteiger partial charge in [-0.2, -0.15) is 0 Å². The molecule has 0 saturated carbocycles. The molecule has 0 unspecified atom stereocenters. The van der Waals surface area contributed by atoms with E-state index in [4.69, 9.17) is 0 Å². The van der Waals surface area contributed by atoms with E-state index in [1.165, 1.54) is 12.8 Å². The molecule has 1 heteroatoms. The monoisotopic (exact) mass is 181 g/mol. The van der Waals surface area contributed by atoms with Crippen molar-refractivity contribution >= 4 is 0 Å². The Bertz CT molecular complexity index is 171. The second kappa shape index (κ2) is 6.97. The van der Waals surface area contributed by atoms with Crippen LogP contribution in [-0.4, -0.2) is 13.1 Å². The van der Waals surface area contributed by atoms with Crippen LogP contribution in [-0.2, 0) is 0 Å². The largest absolute Gasteiger partial charge is 0.317 e. The van der Waals surface area contributed by atoms with Crippen molar-refractivity contribution in [3.05, 3.63) is 0 Å². The molecule has 0 amide bonds. The van der Waals surface area contributed by atoms with Crippen LogP contribution in [0.3, 0.4) is 0 Å². The Labute approximate surface area is 83.3 Å². The summed E-state index contributed by atoms with van der Waals surface area (Å²) >= 11 is 0. The van der Waals surface area contributed by atoms with Crippen LogP contribution < -0.4 is 5.32 Å². The van der Waals surface area contributed by atoms with Gasteiger partial charge in [-0.3, -0.25) is 0 Å². The molecule has 76 valence electrons. The van der Waals surface area contributed by atoms with Crippen LogP contribution in [0, 0.1) is 17.3 Å². The molecule has 0 spiro atoms. The van der Waals surface area contributed by atoms with E-state index in [1.807, 2.05) is 6.92 Å². The van der Waals surface area contributed by atoms with Crippen LogP contribution in [0.15, 0.2) is 0 Å². The molecule has 0 fully saturated rings. The van der Waals surface area contributed by atoms with Gasteiger partial charge in [0.15, 0.2) is 0 Å². The lowest BCUT2D eigenvalue weighted by Crippen LogP contribution is -2.22. The van der Waals surface area contributed by atoms with Crippen LogP contribution in [0.1, 0.15) is 47.0 Å². The van der Waals surface area contributed by atoms with Crippen molar-refractivity contribution in [1.82, 2.24) is 5.32 Å². The molecule has 0 saturated heterocycles. The van der Waals surface area contributed by atoms with Gasteiger partial charge in [-0.15, -0.1) is 11.8 Å². The Morgan fingerprint density at radius 2 is 1.92 bits per heavy atom. The first-order valence-corrected chi connectivity index (χ1v) is 5.22. The lowest BCUT2D eigenvalue weighted by molar-refractivity contribution is 0.337. The minimum atomic E-state index is 0.365. The van der Waals surface area contributed by atoms with Crippen LogP contribution in [0.5, 0.6) is 0 Å². The number of nitrogens with one attached hydrogen (secondary N) is 1. The van der Waals surface area contributed by atoms with E-state index in [-0.39, 0.29) is 0 Å². The maximum Gasteiger partial charge on any atom is 0.0140 e. The molecule has 0 radical (unpaired) electrons. The second-order valence-electron chi connectivity index (χ2n) is 4.27. The lowest BCUT2D eigenvalue weighted by Gasteiger charge is -2.21. The van der Waals surface area contributed by atoms with E-state index in [0.29, 0.717) is 5.41 Å². The van der Waals surface area contributed by atoms with Gasteiger partial charge in [0.05, 0.1) is 0 Å². The molecule has 1 nitrogen and oxygen atoms in total. The molecule has 0 atom stereocenters. The predicted molar refractivity (Wildman–Crippen MR) is 59.6 cm³/mol. The number of rotatable bonds is 6. The summed E-state index contributed by atoms with van der Waals surface area (Å²) in [5.41, 5.74) is 0.365. The van der Waals surface area contributed by atoms with Crippen LogP contribution in [0.4, 0.5) is 0 Å². The fraction of sp³-hybridized carbons (Fsp3) is 0.833. The second-order valence-corrected chi connectivity index (χ2v) is 4.27.